The molecule has 0 radical (unpaired) electrons. The van der Waals surface area contributed by atoms with Gasteiger partial charge in [-0.15, -0.1) is 0 Å². The first-order valence-corrected chi connectivity index (χ1v) is 7.87. The third-order valence-corrected chi connectivity index (χ3v) is 5.39. The standard InChI is InChI=1S/C11H14Cl2N2O2S/c1-11(3-2-4-11)7-15-18(16,17)8-5-9(12)10(13)14-6-8/h5-6,15H,2-4,7H2,1H3. The van der Waals surface area contributed by atoms with Crippen LogP contribution >= 0.6 is 23.2 Å². The summed E-state index contributed by atoms with van der Waals surface area (Å²) >= 11 is 11.4. The summed E-state index contributed by atoms with van der Waals surface area (Å²) in [4.78, 5) is 3.78. The normalized spacial score (nSPS) is 18.4. The summed E-state index contributed by atoms with van der Waals surface area (Å²) in [6.07, 6.45) is 4.47. The van der Waals surface area contributed by atoms with Gasteiger partial charge < -0.3 is 0 Å². The first kappa shape index (κ1) is 14.1. The van der Waals surface area contributed by atoms with E-state index in [4.69, 9.17) is 23.2 Å². The molecule has 0 aliphatic heterocycles. The van der Waals surface area contributed by atoms with Crippen LogP contribution < -0.4 is 4.72 Å². The number of hydrogen-bond acceptors (Lipinski definition) is 3. The fraction of sp³-hybridized carbons (Fsp3) is 0.545. The lowest BCUT2D eigenvalue weighted by Crippen LogP contribution is -2.39. The molecular weight excluding hydrogens is 295 g/mol. The second-order valence-corrected chi connectivity index (χ2v) is 7.46. The third-order valence-electron chi connectivity index (χ3n) is 3.33. The highest BCUT2D eigenvalue weighted by Crippen LogP contribution is 2.39. The molecule has 1 saturated carbocycles. The molecule has 0 aromatic carbocycles. The Bertz CT molecular complexity index is 556. The van der Waals surface area contributed by atoms with Gasteiger partial charge >= 0.3 is 0 Å². The van der Waals surface area contributed by atoms with E-state index in [-0.39, 0.29) is 20.5 Å². The molecule has 4 nitrogen and oxygen atoms in total. The summed E-state index contributed by atoms with van der Waals surface area (Å²) in [6, 6.07) is 1.31. The maximum atomic E-state index is 12.0. The Kier molecular flexibility index (Phi) is 3.88. The molecule has 1 aliphatic rings. The fourth-order valence-electron chi connectivity index (χ4n) is 1.86. The molecule has 1 aromatic rings. The number of rotatable bonds is 4. The fourth-order valence-corrected chi connectivity index (χ4v) is 3.36. The molecule has 0 saturated heterocycles. The molecule has 1 aromatic heterocycles. The van der Waals surface area contributed by atoms with Crippen LogP contribution in [0.4, 0.5) is 0 Å². The molecule has 1 aliphatic carbocycles. The van der Waals surface area contributed by atoms with Gasteiger partial charge in [-0.3, -0.25) is 0 Å². The van der Waals surface area contributed by atoms with Crippen molar-refractivity contribution in [2.75, 3.05) is 6.54 Å². The molecule has 0 atom stereocenters. The van der Waals surface area contributed by atoms with Crippen molar-refractivity contribution in [1.82, 2.24) is 9.71 Å². The molecule has 0 bridgehead atoms. The average Bonchev–Trinajstić information content (AvgIpc) is 2.27. The van der Waals surface area contributed by atoms with Crippen molar-refractivity contribution in [2.45, 2.75) is 31.1 Å². The number of nitrogens with one attached hydrogen (secondary N) is 1. The number of pyridine rings is 1. The van der Waals surface area contributed by atoms with E-state index < -0.39 is 10.0 Å². The summed E-state index contributed by atoms with van der Waals surface area (Å²) in [6.45, 7) is 2.52. The number of hydrogen-bond donors (Lipinski definition) is 1. The molecule has 1 heterocycles. The smallest absolute Gasteiger partial charge is 0.242 e. The molecule has 0 unspecified atom stereocenters. The van der Waals surface area contributed by atoms with Crippen LogP contribution in [-0.4, -0.2) is 19.9 Å². The number of aromatic nitrogens is 1. The SMILES string of the molecule is CC1(CNS(=O)(=O)c2cnc(Cl)c(Cl)c2)CCC1. The van der Waals surface area contributed by atoms with E-state index in [2.05, 4.69) is 16.6 Å². The van der Waals surface area contributed by atoms with Crippen LogP contribution in [-0.2, 0) is 10.0 Å². The van der Waals surface area contributed by atoms with Crippen LogP contribution in [0.1, 0.15) is 26.2 Å². The Morgan fingerprint density at radius 1 is 1.44 bits per heavy atom. The zero-order valence-corrected chi connectivity index (χ0v) is 12.2. The first-order chi connectivity index (χ1) is 8.32. The molecular formula is C11H14Cl2N2O2S. The molecule has 0 spiro atoms. The predicted molar refractivity (Wildman–Crippen MR) is 71.4 cm³/mol. The monoisotopic (exact) mass is 308 g/mol. The Balaban J connectivity index is 2.12. The lowest BCUT2D eigenvalue weighted by Gasteiger charge is -2.38. The van der Waals surface area contributed by atoms with Gasteiger partial charge in [0.1, 0.15) is 10.0 Å². The van der Waals surface area contributed by atoms with Crippen molar-refractivity contribution in [3.63, 3.8) is 0 Å². The number of halogens is 2. The predicted octanol–water partition coefficient (Wildman–Crippen LogP) is 2.86. The first-order valence-electron chi connectivity index (χ1n) is 5.63. The van der Waals surface area contributed by atoms with Crippen molar-refractivity contribution in [3.05, 3.63) is 22.4 Å². The molecule has 1 fully saturated rings. The van der Waals surface area contributed by atoms with E-state index >= 15 is 0 Å². The average molecular weight is 309 g/mol. The van der Waals surface area contributed by atoms with Crippen molar-refractivity contribution in [2.24, 2.45) is 5.41 Å². The Hall–Kier alpha value is -0.360. The number of nitrogens with zero attached hydrogens (tertiary/aromatic N) is 1. The van der Waals surface area contributed by atoms with Gasteiger partial charge in [-0.25, -0.2) is 18.1 Å². The van der Waals surface area contributed by atoms with Crippen LogP contribution in [0.15, 0.2) is 17.2 Å². The van der Waals surface area contributed by atoms with Crippen molar-refractivity contribution < 1.29 is 8.42 Å². The summed E-state index contributed by atoms with van der Waals surface area (Å²) in [5.74, 6) is 0. The van der Waals surface area contributed by atoms with Gasteiger partial charge in [0.2, 0.25) is 10.0 Å². The molecule has 18 heavy (non-hydrogen) atoms. The van der Waals surface area contributed by atoms with Gasteiger partial charge in [0.05, 0.1) is 5.02 Å². The zero-order valence-electron chi connectivity index (χ0n) is 9.91. The summed E-state index contributed by atoms with van der Waals surface area (Å²) < 4.78 is 26.7. The van der Waals surface area contributed by atoms with Gasteiger partial charge in [-0.05, 0) is 24.3 Å². The second kappa shape index (κ2) is 4.96. The van der Waals surface area contributed by atoms with Crippen molar-refractivity contribution >= 4 is 33.2 Å². The maximum Gasteiger partial charge on any atom is 0.242 e. The molecule has 2 rings (SSSR count). The van der Waals surface area contributed by atoms with Crippen LogP contribution in [0.3, 0.4) is 0 Å². The highest BCUT2D eigenvalue weighted by Gasteiger charge is 2.33. The van der Waals surface area contributed by atoms with E-state index in [0.717, 1.165) is 19.3 Å². The minimum atomic E-state index is -3.56. The third kappa shape index (κ3) is 2.96. The van der Waals surface area contributed by atoms with Crippen LogP contribution in [0.2, 0.25) is 10.2 Å². The van der Waals surface area contributed by atoms with Gasteiger partial charge in [0.25, 0.3) is 0 Å². The van der Waals surface area contributed by atoms with Crippen LogP contribution in [0.5, 0.6) is 0 Å². The molecule has 100 valence electrons. The Morgan fingerprint density at radius 2 is 2.11 bits per heavy atom. The lowest BCUT2D eigenvalue weighted by molar-refractivity contribution is 0.166. The minimum Gasteiger partial charge on any atom is -0.242 e. The van der Waals surface area contributed by atoms with Crippen molar-refractivity contribution in [3.8, 4) is 0 Å². The van der Waals surface area contributed by atoms with Crippen molar-refractivity contribution in [1.29, 1.82) is 0 Å². The van der Waals surface area contributed by atoms with Crippen LogP contribution in [0.25, 0.3) is 0 Å². The second-order valence-electron chi connectivity index (χ2n) is 4.93. The van der Waals surface area contributed by atoms with Gasteiger partial charge in [0, 0.05) is 12.7 Å². The number of sulfonamides is 1. The summed E-state index contributed by atoms with van der Waals surface area (Å²) in [5.41, 5.74) is 0.0801. The van der Waals surface area contributed by atoms with E-state index in [9.17, 15) is 8.42 Å². The Morgan fingerprint density at radius 3 is 2.61 bits per heavy atom. The molecule has 0 amide bonds. The van der Waals surface area contributed by atoms with E-state index in [0.29, 0.717) is 6.54 Å². The van der Waals surface area contributed by atoms with E-state index in [1.54, 1.807) is 0 Å². The topological polar surface area (TPSA) is 59.1 Å². The lowest BCUT2D eigenvalue weighted by atomic mass is 9.71. The van der Waals surface area contributed by atoms with E-state index in [1.807, 2.05) is 0 Å². The Labute approximate surface area is 117 Å². The zero-order chi connectivity index (χ0) is 13.4. The van der Waals surface area contributed by atoms with Gasteiger partial charge in [-0.2, -0.15) is 0 Å². The summed E-state index contributed by atoms with van der Waals surface area (Å²) in [5, 5.41) is 0.232. The van der Waals surface area contributed by atoms with Crippen LogP contribution in [0, 0.1) is 5.41 Å². The highest BCUT2D eigenvalue weighted by atomic mass is 35.5. The highest BCUT2D eigenvalue weighted by molar-refractivity contribution is 7.89. The summed E-state index contributed by atoms with van der Waals surface area (Å²) in [7, 11) is -3.56. The van der Waals surface area contributed by atoms with Gasteiger partial charge in [-0.1, -0.05) is 36.5 Å². The largest absolute Gasteiger partial charge is 0.242 e. The maximum absolute atomic E-state index is 12.0. The van der Waals surface area contributed by atoms with Gasteiger partial charge in [0.15, 0.2) is 0 Å². The minimum absolute atomic E-state index is 0.0415. The van der Waals surface area contributed by atoms with E-state index in [1.165, 1.54) is 12.3 Å². The quantitative estimate of drug-likeness (QED) is 0.870. The molecule has 7 heteroatoms. The molecule has 1 N–H and O–H groups in total.